The minimum Gasteiger partial charge on any atom is -0.439 e. The Morgan fingerprint density at radius 1 is 1.29 bits per heavy atom. The number of methoxy groups -OCH3 is 1. The molecule has 21 heavy (non-hydrogen) atoms. The van der Waals surface area contributed by atoms with Crippen LogP contribution in [0.5, 0.6) is 11.6 Å². The first-order valence-corrected chi connectivity index (χ1v) is 6.34. The fourth-order valence-corrected chi connectivity index (χ4v) is 1.57. The number of aliphatic hydroxyl groups is 1. The molecule has 1 unspecified atom stereocenters. The van der Waals surface area contributed by atoms with Gasteiger partial charge in [0.1, 0.15) is 11.6 Å². The van der Waals surface area contributed by atoms with E-state index >= 15 is 0 Å². The Morgan fingerprint density at radius 2 is 2.05 bits per heavy atom. The fraction of sp³-hybridized carbons (Fsp3) is 0.286. The second kappa shape index (κ2) is 7.51. The van der Waals surface area contributed by atoms with Crippen LogP contribution in [0.2, 0.25) is 0 Å². The zero-order chi connectivity index (χ0) is 15.1. The predicted octanol–water partition coefficient (Wildman–Crippen LogP) is 1.83. The normalized spacial score (nSPS) is 12.0. The first-order valence-electron chi connectivity index (χ1n) is 6.34. The number of hydrogen-bond acceptors (Lipinski definition) is 6. The van der Waals surface area contributed by atoms with Crippen molar-refractivity contribution >= 4 is 5.95 Å². The molecule has 2 aromatic rings. The van der Waals surface area contributed by atoms with Crippen LogP contribution in [-0.4, -0.2) is 41.4 Å². The summed E-state index contributed by atoms with van der Waals surface area (Å²) >= 11 is 0. The van der Waals surface area contributed by atoms with Crippen molar-refractivity contribution in [3.63, 3.8) is 0 Å². The molecule has 2 rings (SSSR count). The molecule has 0 bridgehead atoms. The molecule has 0 amide bonds. The van der Waals surface area contributed by atoms with E-state index in [2.05, 4.69) is 15.3 Å². The Bertz CT molecular complexity index is 566. The van der Waals surface area contributed by atoms with E-state index in [9.17, 15) is 9.50 Å². The first kappa shape index (κ1) is 15.1. The van der Waals surface area contributed by atoms with Gasteiger partial charge in [-0.2, -0.15) is 4.98 Å². The summed E-state index contributed by atoms with van der Waals surface area (Å²) < 4.78 is 23.1. The Labute approximate surface area is 121 Å². The second-order valence-electron chi connectivity index (χ2n) is 4.26. The third-order valence-corrected chi connectivity index (χ3v) is 2.52. The molecule has 0 saturated carbocycles. The summed E-state index contributed by atoms with van der Waals surface area (Å²) in [6, 6.07) is 7.20. The van der Waals surface area contributed by atoms with Gasteiger partial charge in [-0.1, -0.05) is 0 Å². The van der Waals surface area contributed by atoms with E-state index in [4.69, 9.17) is 9.47 Å². The van der Waals surface area contributed by atoms with Crippen LogP contribution in [0.25, 0.3) is 0 Å². The standard InChI is InChI=1S/C14H16FN3O3/c1-20-9-11(19)8-17-14-16-7-6-13(18-14)21-12-4-2-10(15)3-5-12/h2-7,11,19H,8-9H2,1H3,(H,16,17,18). The van der Waals surface area contributed by atoms with Crippen LogP contribution >= 0.6 is 0 Å². The van der Waals surface area contributed by atoms with Crippen molar-refractivity contribution in [3.8, 4) is 11.6 Å². The highest BCUT2D eigenvalue weighted by molar-refractivity contribution is 5.31. The Morgan fingerprint density at radius 3 is 2.76 bits per heavy atom. The summed E-state index contributed by atoms with van der Waals surface area (Å²) in [5.74, 6) is 0.782. The average molecular weight is 293 g/mol. The molecule has 0 spiro atoms. The topological polar surface area (TPSA) is 76.5 Å². The van der Waals surface area contributed by atoms with Crippen LogP contribution in [0.15, 0.2) is 36.5 Å². The number of aromatic nitrogens is 2. The average Bonchev–Trinajstić information content (AvgIpc) is 2.48. The number of halogens is 1. The first-order chi connectivity index (χ1) is 10.2. The lowest BCUT2D eigenvalue weighted by molar-refractivity contribution is 0.0726. The molecule has 2 N–H and O–H groups in total. The van der Waals surface area contributed by atoms with Crippen molar-refractivity contribution in [2.24, 2.45) is 0 Å². The van der Waals surface area contributed by atoms with Gasteiger partial charge in [-0.3, -0.25) is 0 Å². The van der Waals surface area contributed by atoms with Crippen molar-refractivity contribution in [1.29, 1.82) is 0 Å². The molecule has 0 aliphatic heterocycles. The highest BCUT2D eigenvalue weighted by Gasteiger charge is 2.06. The molecule has 1 aromatic carbocycles. The summed E-state index contributed by atoms with van der Waals surface area (Å²) in [5.41, 5.74) is 0. The number of nitrogens with zero attached hydrogens (tertiary/aromatic N) is 2. The number of ether oxygens (including phenoxy) is 2. The molecule has 1 heterocycles. The Balaban J connectivity index is 1.95. The van der Waals surface area contributed by atoms with E-state index in [1.807, 2.05) is 0 Å². The number of rotatable bonds is 7. The molecule has 0 aliphatic carbocycles. The second-order valence-corrected chi connectivity index (χ2v) is 4.26. The zero-order valence-electron chi connectivity index (χ0n) is 11.5. The minimum atomic E-state index is -0.653. The number of benzene rings is 1. The van der Waals surface area contributed by atoms with Crippen LogP contribution < -0.4 is 10.1 Å². The van der Waals surface area contributed by atoms with Crippen LogP contribution in [-0.2, 0) is 4.74 Å². The van der Waals surface area contributed by atoms with Crippen LogP contribution in [0.3, 0.4) is 0 Å². The van der Waals surface area contributed by atoms with E-state index < -0.39 is 6.10 Å². The fourth-order valence-electron chi connectivity index (χ4n) is 1.57. The van der Waals surface area contributed by atoms with Gasteiger partial charge in [-0.25, -0.2) is 9.37 Å². The van der Waals surface area contributed by atoms with Crippen LogP contribution in [0.1, 0.15) is 0 Å². The summed E-state index contributed by atoms with van der Waals surface area (Å²) in [6.07, 6.45) is 0.872. The van der Waals surface area contributed by atoms with Crippen molar-refractivity contribution in [2.75, 3.05) is 25.6 Å². The Kier molecular flexibility index (Phi) is 5.42. The van der Waals surface area contributed by atoms with Gasteiger partial charge in [0, 0.05) is 25.9 Å². The van der Waals surface area contributed by atoms with Crippen molar-refractivity contribution in [1.82, 2.24) is 9.97 Å². The highest BCUT2D eigenvalue weighted by Crippen LogP contribution is 2.19. The number of aliphatic hydroxyl groups excluding tert-OH is 1. The lowest BCUT2D eigenvalue weighted by atomic mass is 10.3. The predicted molar refractivity (Wildman–Crippen MR) is 74.9 cm³/mol. The largest absolute Gasteiger partial charge is 0.439 e. The van der Waals surface area contributed by atoms with Crippen molar-refractivity contribution in [3.05, 3.63) is 42.3 Å². The van der Waals surface area contributed by atoms with Gasteiger partial charge in [0.15, 0.2) is 0 Å². The summed E-state index contributed by atoms with van der Waals surface area (Å²) in [6.45, 7) is 0.479. The molecule has 1 atom stereocenters. The molecular formula is C14H16FN3O3. The SMILES string of the molecule is COCC(O)CNc1nccc(Oc2ccc(F)cc2)n1. The summed E-state index contributed by atoms with van der Waals surface area (Å²) in [5, 5.41) is 12.4. The summed E-state index contributed by atoms with van der Waals surface area (Å²) in [7, 11) is 1.51. The molecule has 7 heteroatoms. The van der Waals surface area contributed by atoms with E-state index in [0.717, 1.165) is 0 Å². The van der Waals surface area contributed by atoms with E-state index in [0.29, 0.717) is 17.6 Å². The molecule has 0 aliphatic rings. The van der Waals surface area contributed by atoms with Gasteiger partial charge in [-0.05, 0) is 24.3 Å². The van der Waals surface area contributed by atoms with Crippen LogP contribution in [0, 0.1) is 5.82 Å². The maximum absolute atomic E-state index is 12.8. The monoisotopic (exact) mass is 293 g/mol. The molecule has 1 aromatic heterocycles. The number of hydrogen-bond donors (Lipinski definition) is 2. The minimum absolute atomic E-state index is 0.221. The van der Waals surface area contributed by atoms with Crippen molar-refractivity contribution < 1.29 is 19.0 Å². The molecule has 0 saturated heterocycles. The van der Waals surface area contributed by atoms with Gasteiger partial charge in [0.25, 0.3) is 0 Å². The number of nitrogens with one attached hydrogen (secondary N) is 1. The lowest BCUT2D eigenvalue weighted by Crippen LogP contribution is -2.24. The van der Waals surface area contributed by atoms with Gasteiger partial charge in [-0.15, -0.1) is 0 Å². The van der Waals surface area contributed by atoms with E-state index in [1.165, 1.54) is 37.6 Å². The number of anilines is 1. The van der Waals surface area contributed by atoms with E-state index in [1.54, 1.807) is 6.07 Å². The zero-order valence-corrected chi connectivity index (χ0v) is 11.5. The van der Waals surface area contributed by atoms with Gasteiger partial charge < -0.3 is 19.9 Å². The van der Waals surface area contributed by atoms with Crippen LogP contribution in [0.4, 0.5) is 10.3 Å². The van der Waals surface area contributed by atoms with Gasteiger partial charge in [0.05, 0.1) is 12.7 Å². The molecule has 0 radical (unpaired) electrons. The van der Waals surface area contributed by atoms with Crippen molar-refractivity contribution in [2.45, 2.75) is 6.10 Å². The molecule has 112 valence electrons. The third kappa shape index (κ3) is 4.97. The van der Waals surface area contributed by atoms with E-state index in [-0.39, 0.29) is 19.0 Å². The lowest BCUT2D eigenvalue weighted by Gasteiger charge is -2.11. The molecular weight excluding hydrogens is 277 g/mol. The van der Waals surface area contributed by atoms with Gasteiger partial charge in [0.2, 0.25) is 11.8 Å². The molecule has 6 nitrogen and oxygen atoms in total. The van der Waals surface area contributed by atoms with Gasteiger partial charge >= 0.3 is 0 Å². The maximum Gasteiger partial charge on any atom is 0.226 e. The summed E-state index contributed by atoms with van der Waals surface area (Å²) in [4.78, 5) is 8.15. The smallest absolute Gasteiger partial charge is 0.226 e. The molecule has 0 fully saturated rings. The third-order valence-electron chi connectivity index (χ3n) is 2.52. The Hall–Kier alpha value is -2.25. The maximum atomic E-state index is 12.8. The quantitative estimate of drug-likeness (QED) is 0.811. The highest BCUT2D eigenvalue weighted by atomic mass is 19.1.